The molecule has 2 heterocycles. The lowest BCUT2D eigenvalue weighted by atomic mass is 10.4. The van der Waals surface area contributed by atoms with Crippen LogP contribution in [0.25, 0.3) is 0 Å². The van der Waals surface area contributed by atoms with Gasteiger partial charge in [-0.15, -0.1) is 0 Å². The second-order valence-corrected chi connectivity index (χ2v) is 3.75. The van der Waals surface area contributed by atoms with Crippen molar-refractivity contribution < 1.29 is 0 Å². The second kappa shape index (κ2) is 4.02. The van der Waals surface area contributed by atoms with Crippen molar-refractivity contribution in [2.24, 2.45) is 0 Å². The lowest BCUT2D eigenvalue weighted by Gasteiger charge is -2.27. The van der Waals surface area contributed by atoms with E-state index in [1.165, 1.54) is 0 Å². The first-order valence-corrected chi connectivity index (χ1v) is 5.09. The minimum atomic E-state index is 0.795. The Kier molecular flexibility index (Phi) is 2.75. The van der Waals surface area contributed by atoms with Crippen LogP contribution in [0, 0.1) is 0 Å². The molecule has 0 radical (unpaired) electrons. The van der Waals surface area contributed by atoms with Gasteiger partial charge in [-0.05, 0) is 15.9 Å². The molecule has 0 unspecified atom stereocenters. The first kappa shape index (κ1) is 8.90. The highest BCUT2D eigenvalue weighted by Gasteiger charge is 2.11. The third kappa shape index (κ3) is 2.16. The average molecular weight is 243 g/mol. The van der Waals surface area contributed by atoms with Crippen LogP contribution >= 0.6 is 15.9 Å². The van der Waals surface area contributed by atoms with Gasteiger partial charge in [0.15, 0.2) is 0 Å². The molecule has 1 N–H and O–H groups in total. The van der Waals surface area contributed by atoms with Gasteiger partial charge in [-0.25, -0.2) is 4.98 Å². The molecule has 13 heavy (non-hydrogen) atoms. The number of nitrogens with zero attached hydrogens (tertiary/aromatic N) is 3. The molecule has 0 amide bonds. The van der Waals surface area contributed by atoms with Crippen molar-refractivity contribution in [3.05, 3.63) is 17.0 Å². The molecule has 1 aromatic rings. The van der Waals surface area contributed by atoms with Gasteiger partial charge in [0.1, 0.15) is 10.4 Å². The van der Waals surface area contributed by atoms with E-state index >= 15 is 0 Å². The van der Waals surface area contributed by atoms with E-state index in [0.717, 1.165) is 36.6 Å². The lowest BCUT2D eigenvalue weighted by molar-refractivity contribution is 0.584. The summed E-state index contributed by atoms with van der Waals surface area (Å²) in [7, 11) is 0. The number of rotatable bonds is 1. The summed E-state index contributed by atoms with van der Waals surface area (Å²) in [6.07, 6.45) is 3.50. The van der Waals surface area contributed by atoms with Gasteiger partial charge in [-0.1, -0.05) is 0 Å². The van der Waals surface area contributed by atoms with E-state index in [1.54, 1.807) is 12.4 Å². The smallest absolute Gasteiger partial charge is 0.148 e. The maximum atomic E-state index is 4.35. The monoisotopic (exact) mass is 242 g/mol. The van der Waals surface area contributed by atoms with Crippen LogP contribution in [0.3, 0.4) is 0 Å². The molecule has 1 saturated heterocycles. The zero-order chi connectivity index (χ0) is 9.10. The van der Waals surface area contributed by atoms with Gasteiger partial charge in [-0.3, -0.25) is 4.98 Å². The third-order valence-electron chi connectivity index (χ3n) is 2.03. The summed E-state index contributed by atoms with van der Waals surface area (Å²) in [5.74, 6) is 0.955. The molecule has 0 aromatic carbocycles. The Morgan fingerprint density at radius 1 is 1.31 bits per heavy atom. The van der Waals surface area contributed by atoms with Gasteiger partial charge in [-0.2, -0.15) is 0 Å². The van der Waals surface area contributed by atoms with Crippen LogP contribution in [0.15, 0.2) is 17.0 Å². The Balaban J connectivity index is 2.14. The SMILES string of the molecule is Brc1cncc(N2CCNCC2)n1. The Labute approximate surface area is 85.5 Å². The molecule has 1 aromatic heterocycles. The maximum absolute atomic E-state index is 4.35. The number of hydrogen-bond acceptors (Lipinski definition) is 4. The van der Waals surface area contributed by atoms with Gasteiger partial charge in [0, 0.05) is 26.2 Å². The second-order valence-electron chi connectivity index (χ2n) is 2.94. The van der Waals surface area contributed by atoms with Crippen molar-refractivity contribution >= 4 is 21.7 Å². The zero-order valence-electron chi connectivity index (χ0n) is 7.20. The van der Waals surface area contributed by atoms with Gasteiger partial charge in [0.25, 0.3) is 0 Å². The number of aromatic nitrogens is 2. The van der Waals surface area contributed by atoms with Crippen LogP contribution < -0.4 is 10.2 Å². The molecule has 70 valence electrons. The lowest BCUT2D eigenvalue weighted by Crippen LogP contribution is -2.43. The van der Waals surface area contributed by atoms with Crippen molar-refractivity contribution in [1.82, 2.24) is 15.3 Å². The number of halogens is 1. The summed E-state index contributed by atoms with van der Waals surface area (Å²) >= 11 is 3.31. The normalized spacial score (nSPS) is 17.5. The molecule has 0 spiro atoms. The first-order valence-electron chi connectivity index (χ1n) is 4.29. The van der Waals surface area contributed by atoms with Crippen molar-refractivity contribution in [3.8, 4) is 0 Å². The minimum Gasteiger partial charge on any atom is -0.353 e. The summed E-state index contributed by atoms with van der Waals surface area (Å²) in [5, 5.41) is 3.30. The summed E-state index contributed by atoms with van der Waals surface area (Å²) in [6, 6.07) is 0. The fourth-order valence-electron chi connectivity index (χ4n) is 1.38. The Morgan fingerprint density at radius 3 is 2.77 bits per heavy atom. The molecule has 5 heteroatoms. The Morgan fingerprint density at radius 2 is 2.08 bits per heavy atom. The largest absolute Gasteiger partial charge is 0.353 e. The van der Waals surface area contributed by atoms with E-state index in [-0.39, 0.29) is 0 Å². The molecule has 1 aliphatic heterocycles. The van der Waals surface area contributed by atoms with Crippen molar-refractivity contribution in [2.75, 3.05) is 31.1 Å². The number of piperazine rings is 1. The van der Waals surface area contributed by atoms with Crippen LogP contribution in [0.1, 0.15) is 0 Å². The molecule has 4 nitrogen and oxygen atoms in total. The fraction of sp³-hybridized carbons (Fsp3) is 0.500. The third-order valence-corrected chi connectivity index (χ3v) is 2.42. The van der Waals surface area contributed by atoms with Crippen molar-refractivity contribution in [3.63, 3.8) is 0 Å². The highest BCUT2D eigenvalue weighted by atomic mass is 79.9. The van der Waals surface area contributed by atoms with E-state index in [0.29, 0.717) is 0 Å². The topological polar surface area (TPSA) is 41.1 Å². The van der Waals surface area contributed by atoms with E-state index in [9.17, 15) is 0 Å². The average Bonchev–Trinajstić information content (AvgIpc) is 2.19. The van der Waals surface area contributed by atoms with E-state index in [1.807, 2.05) is 0 Å². The van der Waals surface area contributed by atoms with Crippen LogP contribution in [-0.4, -0.2) is 36.1 Å². The number of nitrogens with one attached hydrogen (secondary N) is 1. The molecule has 2 rings (SSSR count). The van der Waals surface area contributed by atoms with Gasteiger partial charge < -0.3 is 10.2 Å². The predicted octanol–water partition coefficient (Wildman–Crippen LogP) is 0.649. The van der Waals surface area contributed by atoms with E-state index in [4.69, 9.17) is 0 Å². The standard InChI is InChI=1S/C8H11BrN4/c9-7-5-11-6-8(12-7)13-3-1-10-2-4-13/h5-6,10H,1-4H2. The van der Waals surface area contributed by atoms with Crippen LogP contribution in [-0.2, 0) is 0 Å². The van der Waals surface area contributed by atoms with Crippen molar-refractivity contribution in [2.45, 2.75) is 0 Å². The molecule has 1 fully saturated rings. The van der Waals surface area contributed by atoms with E-state index in [2.05, 4.69) is 36.1 Å². The van der Waals surface area contributed by atoms with Crippen LogP contribution in [0.2, 0.25) is 0 Å². The molecule has 0 bridgehead atoms. The van der Waals surface area contributed by atoms with Gasteiger partial charge in [0.05, 0.1) is 12.4 Å². The zero-order valence-corrected chi connectivity index (χ0v) is 8.79. The van der Waals surface area contributed by atoms with Gasteiger partial charge in [0.2, 0.25) is 0 Å². The highest BCUT2D eigenvalue weighted by Crippen LogP contribution is 2.12. The summed E-state index contributed by atoms with van der Waals surface area (Å²) in [5.41, 5.74) is 0. The molecule has 0 atom stereocenters. The summed E-state index contributed by atoms with van der Waals surface area (Å²) in [6.45, 7) is 4.05. The number of hydrogen-bond donors (Lipinski definition) is 1. The van der Waals surface area contributed by atoms with Crippen LogP contribution in [0.5, 0.6) is 0 Å². The molecule has 0 aliphatic carbocycles. The Bertz CT molecular complexity index is 285. The number of anilines is 1. The van der Waals surface area contributed by atoms with Crippen LogP contribution in [0.4, 0.5) is 5.82 Å². The van der Waals surface area contributed by atoms with E-state index < -0.39 is 0 Å². The molecular weight excluding hydrogens is 232 g/mol. The quantitative estimate of drug-likeness (QED) is 0.786. The van der Waals surface area contributed by atoms with Crippen molar-refractivity contribution in [1.29, 1.82) is 0 Å². The van der Waals surface area contributed by atoms with Gasteiger partial charge >= 0.3 is 0 Å². The maximum Gasteiger partial charge on any atom is 0.148 e. The summed E-state index contributed by atoms with van der Waals surface area (Å²) < 4.78 is 0.795. The highest BCUT2D eigenvalue weighted by molar-refractivity contribution is 9.10. The fourth-order valence-corrected chi connectivity index (χ4v) is 1.68. The molecule has 1 aliphatic rings. The minimum absolute atomic E-state index is 0.795. The summed E-state index contributed by atoms with van der Waals surface area (Å²) in [4.78, 5) is 10.7. The molecule has 0 saturated carbocycles. The molecular formula is C8H11BrN4. The Hall–Kier alpha value is -0.680. The first-order chi connectivity index (χ1) is 6.36. The predicted molar refractivity (Wildman–Crippen MR) is 54.8 cm³/mol.